The number of carbonyl (C=O) groups is 1. The Morgan fingerprint density at radius 3 is 2.11 bits per heavy atom. The molecule has 0 atom stereocenters. The highest BCUT2D eigenvalue weighted by Gasteiger charge is 2.06. The number of aryl methyl sites for hydroxylation is 2. The monoisotopic (exact) mass is 255 g/mol. The number of rotatable bonds is 2. The van der Waals surface area contributed by atoms with E-state index in [0.717, 1.165) is 16.8 Å². The number of para-hydroxylation sites is 1. The molecule has 19 heavy (non-hydrogen) atoms. The highest BCUT2D eigenvalue weighted by atomic mass is 16.2. The Morgan fingerprint density at radius 1 is 0.947 bits per heavy atom. The second-order valence-electron chi connectivity index (χ2n) is 4.47. The molecule has 0 unspecified atom stereocenters. The minimum Gasteiger partial charge on any atom is -0.399 e. The van der Waals surface area contributed by atoms with Crippen LogP contribution in [0.15, 0.2) is 42.5 Å². The molecule has 2 aromatic carbocycles. The van der Waals surface area contributed by atoms with Crippen molar-refractivity contribution in [2.24, 2.45) is 0 Å². The maximum Gasteiger partial charge on any atom is 0.323 e. The molecule has 0 bridgehead atoms. The summed E-state index contributed by atoms with van der Waals surface area (Å²) in [5, 5.41) is 5.63. The molecule has 4 nitrogen and oxygen atoms in total. The smallest absolute Gasteiger partial charge is 0.323 e. The molecule has 2 aromatic rings. The Labute approximate surface area is 112 Å². The Morgan fingerprint density at radius 2 is 1.53 bits per heavy atom. The van der Waals surface area contributed by atoms with Gasteiger partial charge in [-0.25, -0.2) is 4.79 Å². The summed E-state index contributed by atoms with van der Waals surface area (Å²) in [5.74, 6) is 0. The van der Waals surface area contributed by atoms with Gasteiger partial charge in [0.25, 0.3) is 0 Å². The lowest BCUT2D eigenvalue weighted by molar-refractivity contribution is 0.262. The van der Waals surface area contributed by atoms with E-state index >= 15 is 0 Å². The minimum atomic E-state index is -0.262. The van der Waals surface area contributed by atoms with Gasteiger partial charge in [0.2, 0.25) is 0 Å². The maximum absolute atomic E-state index is 11.9. The SMILES string of the molecule is Cc1cccc(C)c1NC(=O)Nc1ccc(N)cc1. The zero-order valence-corrected chi connectivity index (χ0v) is 11.0. The van der Waals surface area contributed by atoms with E-state index < -0.39 is 0 Å². The summed E-state index contributed by atoms with van der Waals surface area (Å²) >= 11 is 0. The van der Waals surface area contributed by atoms with Crippen molar-refractivity contribution in [3.8, 4) is 0 Å². The summed E-state index contributed by atoms with van der Waals surface area (Å²) in [5.41, 5.74) is 9.88. The van der Waals surface area contributed by atoms with E-state index in [4.69, 9.17) is 5.73 Å². The van der Waals surface area contributed by atoms with Crippen LogP contribution < -0.4 is 16.4 Å². The van der Waals surface area contributed by atoms with Crippen LogP contribution in [0.3, 0.4) is 0 Å². The highest BCUT2D eigenvalue weighted by molar-refractivity contribution is 6.00. The van der Waals surface area contributed by atoms with E-state index in [-0.39, 0.29) is 6.03 Å². The average Bonchev–Trinajstić information content (AvgIpc) is 2.37. The number of hydrogen-bond donors (Lipinski definition) is 3. The lowest BCUT2D eigenvalue weighted by Crippen LogP contribution is -2.20. The van der Waals surface area contributed by atoms with Crippen molar-refractivity contribution in [3.05, 3.63) is 53.6 Å². The van der Waals surface area contributed by atoms with Gasteiger partial charge in [0.05, 0.1) is 0 Å². The molecule has 0 spiro atoms. The Bertz CT molecular complexity index is 571. The number of anilines is 3. The van der Waals surface area contributed by atoms with Crippen molar-refractivity contribution in [1.29, 1.82) is 0 Å². The van der Waals surface area contributed by atoms with E-state index in [9.17, 15) is 4.79 Å². The van der Waals surface area contributed by atoms with Gasteiger partial charge in [-0.15, -0.1) is 0 Å². The molecule has 4 heteroatoms. The predicted octanol–water partition coefficient (Wildman–Crippen LogP) is 3.53. The quantitative estimate of drug-likeness (QED) is 0.719. The Hall–Kier alpha value is -2.49. The van der Waals surface area contributed by atoms with Crippen LogP contribution in [0.2, 0.25) is 0 Å². The third-order valence-electron chi connectivity index (χ3n) is 2.89. The van der Waals surface area contributed by atoms with Gasteiger partial charge in [0.15, 0.2) is 0 Å². The molecule has 0 aliphatic heterocycles. The number of nitrogens with two attached hydrogens (primary N) is 1. The highest BCUT2D eigenvalue weighted by Crippen LogP contribution is 2.19. The second kappa shape index (κ2) is 5.44. The van der Waals surface area contributed by atoms with Gasteiger partial charge in [0.1, 0.15) is 0 Å². The standard InChI is InChI=1S/C15H17N3O/c1-10-4-3-5-11(2)14(10)18-15(19)17-13-8-6-12(16)7-9-13/h3-9H,16H2,1-2H3,(H2,17,18,19). The molecule has 2 amide bonds. The maximum atomic E-state index is 11.9. The number of benzene rings is 2. The van der Waals surface area contributed by atoms with Crippen LogP contribution in [-0.4, -0.2) is 6.03 Å². The topological polar surface area (TPSA) is 67.2 Å². The van der Waals surface area contributed by atoms with Crippen LogP contribution in [0, 0.1) is 13.8 Å². The largest absolute Gasteiger partial charge is 0.399 e. The van der Waals surface area contributed by atoms with Gasteiger partial charge in [-0.1, -0.05) is 18.2 Å². The van der Waals surface area contributed by atoms with Crippen molar-refractivity contribution in [2.45, 2.75) is 13.8 Å². The zero-order valence-electron chi connectivity index (χ0n) is 11.0. The summed E-state index contributed by atoms with van der Waals surface area (Å²) in [6.45, 7) is 3.93. The van der Waals surface area contributed by atoms with E-state index in [1.165, 1.54) is 0 Å². The van der Waals surface area contributed by atoms with Crippen LogP contribution in [0.1, 0.15) is 11.1 Å². The lowest BCUT2D eigenvalue weighted by atomic mass is 10.1. The summed E-state index contributed by atoms with van der Waals surface area (Å²) in [7, 11) is 0. The molecule has 0 fully saturated rings. The predicted molar refractivity (Wildman–Crippen MR) is 79.4 cm³/mol. The molecule has 0 aromatic heterocycles. The van der Waals surface area contributed by atoms with Crippen molar-refractivity contribution < 1.29 is 4.79 Å². The molecule has 0 aliphatic rings. The van der Waals surface area contributed by atoms with Crippen molar-refractivity contribution >= 4 is 23.1 Å². The lowest BCUT2D eigenvalue weighted by Gasteiger charge is -2.12. The van der Waals surface area contributed by atoms with Crippen molar-refractivity contribution in [2.75, 3.05) is 16.4 Å². The fraction of sp³-hybridized carbons (Fsp3) is 0.133. The molecule has 0 heterocycles. The third kappa shape index (κ3) is 3.25. The van der Waals surface area contributed by atoms with E-state index in [2.05, 4.69) is 10.6 Å². The van der Waals surface area contributed by atoms with Gasteiger partial charge < -0.3 is 16.4 Å². The molecular formula is C15H17N3O. The normalized spacial score (nSPS) is 10.0. The number of hydrogen-bond acceptors (Lipinski definition) is 2. The van der Waals surface area contributed by atoms with Gasteiger partial charge in [-0.05, 0) is 49.2 Å². The fourth-order valence-electron chi connectivity index (χ4n) is 1.85. The van der Waals surface area contributed by atoms with Gasteiger partial charge in [-0.3, -0.25) is 0 Å². The molecule has 0 aliphatic carbocycles. The molecule has 2 rings (SSSR count). The van der Waals surface area contributed by atoms with Crippen LogP contribution in [-0.2, 0) is 0 Å². The van der Waals surface area contributed by atoms with Crippen LogP contribution in [0.4, 0.5) is 21.9 Å². The van der Waals surface area contributed by atoms with Crippen LogP contribution >= 0.6 is 0 Å². The molecule has 98 valence electrons. The first-order valence-electron chi connectivity index (χ1n) is 6.06. The summed E-state index contributed by atoms with van der Waals surface area (Å²) in [4.78, 5) is 11.9. The Balaban J connectivity index is 2.07. The molecule has 0 saturated carbocycles. The zero-order chi connectivity index (χ0) is 13.8. The first-order chi connectivity index (χ1) is 9.06. The third-order valence-corrected chi connectivity index (χ3v) is 2.89. The molecule has 0 radical (unpaired) electrons. The van der Waals surface area contributed by atoms with Crippen molar-refractivity contribution in [3.63, 3.8) is 0 Å². The van der Waals surface area contributed by atoms with Crippen molar-refractivity contribution in [1.82, 2.24) is 0 Å². The second-order valence-corrected chi connectivity index (χ2v) is 4.47. The Kier molecular flexibility index (Phi) is 3.71. The number of nitrogens with one attached hydrogen (secondary N) is 2. The number of amides is 2. The first-order valence-corrected chi connectivity index (χ1v) is 6.06. The summed E-state index contributed by atoms with van der Waals surface area (Å²) < 4.78 is 0. The van der Waals surface area contributed by atoms with Crippen LogP contribution in [0.25, 0.3) is 0 Å². The number of urea groups is 1. The van der Waals surface area contributed by atoms with Crippen LogP contribution in [0.5, 0.6) is 0 Å². The van der Waals surface area contributed by atoms with Gasteiger partial charge >= 0.3 is 6.03 Å². The molecule has 4 N–H and O–H groups in total. The minimum absolute atomic E-state index is 0.262. The number of nitrogen functional groups attached to an aromatic ring is 1. The number of carbonyl (C=O) groups excluding carboxylic acids is 1. The molecular weight excluding hydrogens is 238 g/mol. The summed E-state index contributed by atoms with van der Waals surface area (Å²) in [6, 6.07) is 12.6. The fourth-order valence-corrected chi connectivity index (χ4v) is 1.85. The van der Waals surface area contributed by atoms with E-state index in [0.29, 0.717) is 11.4 Å². The first kappa shape index (κ1) is 13.0. The average molecular weight is 255 g/mol. The van der Waals surface area contributed by atoms with Gasteiger partial charge in [-0.2, -0.15) is 0 Å². The molecule has 0 saturated heterocycles. The van der Waals surface area contributed by atoms with E-state index in [1.54, 1.807) is 24.3 Å². The summed E-state index contributed by atoms with van der Waals surface area (Å²) in [6.07, 6.45) is 0. The van der Waals surface area contributed by atoms with E-state index in [1.807, 2.05) is 32.0 Å². The van der Waals surface area contributed by atoms with Gasteiger partial charge in [0, 0.05) is 17.1 Å².